The second-order valence-electron chi connectivity index (χ2n) is 7.53. The molecule has 0 radical (unpaired) electrons. The minimum absolute atomic E-state index is 0.260. The summed E-state index contributed by atoms with van der Waals surface area (Å²) in [5.41, 5.74) is 1.30. The highest BCUT2D eigenvalue weighted by atomic mass is 16.3. The Balaban J connectivity index is 1.44. The Morgan fingerprint density at radius 1 is 0.852 bits per heavy atom. The number of hydrogen-bond donors (Lipinski definition) is 1. The molecular formula is C21H29N5O. The fourth-order valence-electron chi connectivity index (χ4n) is 4.15. The SMILES string of the molecule is OCC1CCCN(c2cc(N3CCCN(c4ccccc4)CC3)ncn2)C1. The van der Waals surface area contributed by atoms with Crippen LogP contribution >= 0.6 is 0 Å². The molecule has 2 aliphatic rings. The average Bonchev–Trinajstić information content (AvgIpc) is 3.01. The van der Waals surface area contributed by atoms with Gasteiger partial charge in [-0.2, -0.15) is 0 Å². The van der Waals surface area contributed by atoms with E-state index in [1.807, 2.05) is 0 Å². The molecule has 0 saturated carbocycles. The van der Waals surface area contributed by atoms with Crippen molar-refractivity contribution >= 4 is 17.3 Å². The predicted octanol–water partition coefficient (Wildman–Crippen LogP) is 2.40. The van der Waals surface area contributed by atoms with Crippen molar-refractivity contribution in [1.29, 1.82) is 0 Å². The van der Waals surface area contributed by atoms with Crippen LogP contribution in [0.5, 0.6) is 0 Å². The van der Waals surface area contributed by atoms with E-state index < -0.39 is 0 Å². The Hall–Kier alpha value is -2.34. The van der Waals surface area contributed by atoms with Crippen LogP contribution in [-0.4, -0.2) is 60.9 Å². The van der Waals surface area contributed by atoms with Gasteiger partial charge < -0.3 is 19.8 Å². The van der Waals surface area contributed by atoms with E-state index in [-0.39, 0.29) is 6.61 Å². The molecule has 3 heterocycles. The molecule has 0 spiro atoms. The molecule has 1 aromatic carbocycles. The van der Waals surface area contributed by atoms with E-state index >= 15 is 0 Å². The van der Waals surface area contributed by atoms with Crippen molar-refractivity contribution in [2.45, 2.75) is 19.3 Å². The smallest absolute Gasteiger partial charge is 0.134 e. The van der Waals surface area contributed by atoms with E-state index in [1.165, 1.54) is 5.69 Å². The summed E-state index contributed by atoms with van der Waals surface area (Å²) >= 11 is 0. The van der Waals surface area contributed by atoms with Crippen LogP contribution in [0.3, 0.4) is 0 Å². The number of benzene rings is 1. The number of anilines is 3. The lowest BCUT2D eigenvalue weighted by Gasteiger charge is -2.33. The average molecular weight is 367 g/mol. The molecule has 0 aliphatic carbocycles. The van der Waals surface area contributed by atoms with Crippen molar-refractivity contribution in [1.82, 2.24) is 9.97 Å². The lowest BCUT2D eigenvalue weighted by atomic mass is 9.99. The Morgan fingerprint density at radius 3 is 2.37 bits per heavy atom. The molecule has 0 amide bonds. The van der Waals surface area contributed by atoms with Crippen LogP contribution in [0.1, 0.15) is 19.3 Å². The van der Waals surface area contributed by atoms with Gasteiger partial charge in [0.15, 0.2) is 0 Å². The molecule has 144 valence electrons. The minimum Gasteiger partial charge on any atom is -0.396 e. The number of aromatic nitrogens is 2. The standard InChI is InChI=1S/C21H29N5O/c27-16-18-6-4-9-26(15-18)21-14-20(22-17-23-21)25-11-5-10-24(12-13-25)19-7-2-1-3-8-19/h1-3,7-8,14,17-18,27H,4-6,9-13,15-16H2. The molecule has 2 aromatic rings. The summed E-state index contributed by atoms with van der Waals surface area (Å²) in [7, 11) is 0. The molecule has 1 atom stereocenters. The Labute approximate surface area is 161 Å². The third-order valence-electron chi connectivity index (χ3n) is 5.68. The monoisotopic (exact) mass is 367 g/mol. The minimum atomic E-state index is 0.260. The maximum Gasteiger partial charge on any atom is 0.134 e. The van der Waals surface area contributed by atoms with Gasteiger partial charge in [0.05, 0.1) is 0 Å². The van der Waals surface area contributed by atoms with Gasteiger partial charge in [-0.3, -0.25) is 0 Å². The number of aliphatic hydroxyl groups excluding tert-OH is 1. The summed E-state index contributed by atoms with van der Waals surface area (Å²) in [5, 5.41) is 9.49. The Morgan fingerprint density at radius 2 is 1.56 bits per heavy atom. The first-order valence-corrected chi connectivity index (χ1v) is 10.1. The molecule has 2 fully saturated rings. The van der Waals surface area contributed by atoms with Crippen molar-refractivity contribution in [3.05, 3.63) is 42.7 Å². The van der Waals surface area contributed by atoms with Gasteiger partial charge in [-0.15, -0.1) is 0 Å². The molecule has 2 saturated heterocycles. The molecule has 2 aliphatic heterocycles. The molecule has 1 aromatic heterocycles. The largest absolute Gasteiger partial charge is 0.396 e. The number of rotatable bonds is 4. The topological polar surface area (TPSA) is 55.7 Å². The molecule has 27 heavy (non-hydrogen) atoms. The highest BCUT2D eigenvalue weighted by molar-refractivity contribution is 5.52. The van der Waals surface area contributed by atoms with E-state index in [1.54, 1.807) is 6.33 Å². The van der Waals surface area contributed by atoms with E-state index in [0.29, 0.717) is 5.92 Å². The summed E-state index contributed by atoms with van der Waals surface area (Å²) in [6.45, 7) is 6.20. The second kappa shape index (κ2) is 8.57. The van der Waals surface area contributed by atoms with Gasteiger partial charge >= 0.3 is 0 Å². The summed E-state index contributed by atoms with van der Waals surface area (Å²) in [4.78, 5) is 16.2. The number of hydrogen-bond acceptors (Lipinski definition) is 6. The van der Waals surface area contributed by atoms with Gasteiger partial charge in [-0.05, 0) is 37.3 Å². The van der Waals surface area contributed by atoms with Gasteiger partial charge in [0, 0.05) is 57.6 Å². The molecule has 1 unspecified atom stereocenters. The van der Waals surface area contributed by atoms with Gasteiger partial charge in [0.2, 0.25) is 0 Å². The lowest BCUT2D eigenvalue weighted by molar-refractivity contribution is 0.208. The van der Waals surface area contributed by atoms with Gasteiger partial charge in [-0.25, -0.2) is 9.97 Å². The number of aliphatic hydroxyl groups is 1. The van der Waals surface area contributed by atoms with Gasteiger partial charge in [0.1, 0.15) is 18.0 Å². The van der Waals surface area contributed by atoms with Crippen LogP contribution in [0.2, 0.25) is 0 Å². The first-order valence-electron chi connectivity index (χ1n) is 10.1. The summed E-state index contributed by atoms with van der Waals surface area (Å²) < 4.78 is 0. The fraction of sp³-hybridized carbons (Fsp3) is 0.524. The van der Waals surface area contributed by atoms with Gasteiger partial charge in [-0.1, -0.05) is 18.2 Å². The summed E-state index contributed by atoms with van der Waals surface area (Å²) in [6, 6.07) is 12.8. The zero-order chi connectivity index (χ0) is 18.5. The van der Waals surface area contributed by atoms with Crippen LogP contribution in [0, 0.1) is 5.92 Å². The third kappa shape index (κ3) is 4.33. The number of piperidine rings is 1. The van der Waals surface area contributed by atoms with Crippen LogP contribution in [0.4, 0.5) is 17.3 Å². The van der Waals surface area contributed by atoms with Crippen LogP contribution < -0.4 is 14.7 Å². The van der Waals surface area contributed by atoms with E-state index in [9.17, 15) is 5.11 Å². The van der Waals surface area contributed by atoms with Crippen LogP contribution in [0.25, 0.3) is 0 Å². The normalized spacial score (nSPS) is 21.2. The van der Waals surface area contributed by atoms with E-state index in [4.69, 9.17) is 0 Å². The highest BCUT2D eigenvalue weighted by Gasteiger charge is 2.22. The lowest BCUT2D eigenvalue weighted by Crippen LogP contribution is -2.37. The Bertz CT molecular complexity index is 726. The number of nitrogens with zero attached hydrogens (tertiary/aromatic N) is 5. The van der Waals surface area contributed by atoms with E-state index in [2.05, 4.69) is 61.1 Å². The molecule has 6 nitrogen and oxygen atoms in total. The summed E-state index contributed by atoms with van der Waals surface area (Å²) in [5.74, 6) is 2.36. The first-order chi connectivity index (χ1) is 13.3. The zero-order valence-electron chi connectivity index (χ0n) is 15.9. The van der Waals surface area contributed by atoms with Crippen LogP contribution in [-0.2, 0) is 0 Å². The molecule has 0 bridgehead atoms. The van der Waals surface area contributed by atoms with Crippen molar-refractivity contribution in [3.8, 4) is 0 Å². The predicted molar refractivity (Wildman–Crippen MR) is 110 cm³/mol. The number of para-hydroxylation sites is 1. The highest BCUT2D eigenvalue weighted by Crippen LogP contribution is 2.25. The molecule has 1 N–H and O–H groups in total. The molecule has 4 rings (SSSR count). The third-order valence-corrected chi connectivity index (χ3v) is 5.68. The molecular weight excluding hydrogens is 338 g/mol. The maximum atomic E-state index is 9.49. The maximum absolute atomic E-state index is 9.49. The Kier molecular flexibility index (Phi) is 5.72. The fourth-order valence-corrected chi connectivity index (χ4v) is 4.15. The quantitative estimate of drug-likeness (QED) is 0.896. The first kappa shape index (κ1) is 18.0. The van der Waals surface area contributed by atoms with Gasteiger partial charge in [0.25, 0.3) is 0 Å². The van der Waals surface area contributed by atoms with Crippen molar-refractivity contribution in [3.63, 3.8) is 0 Å². The van der Waals surface area contributed by atoms with E-state index in [0.717, 1.165) is 70.2 Å². The molecule has 6 heteroatoms. The van der Waals surface area contributed by atoms with Crippen LogP contribution in [0.15, 0.2) is 42.7 Å². The second-order valence-corrected chi connectivity index (χ2v) is 7.53. The zero-order valence-corrected chi connectivity index (χ0v) is 15.9. The van der Waals surface area contributed by atoms with Crippen molar-refractivity contribution in [2.24, 2.45) is 5.92 Å². The van der Waals surface area contributed by atoms with Crippen molar-refractivity contribution in [2.75, 3.05) is 60.6 Å². The van der Waals surface area contributed by atoms with Crippen molar-refractivity contribution < 1.29 is 5.11 Å². The summed E-state index contributed by atoms with van der Waals surface area (Å²) in [6.07, 6.45) is 5.02.